The molecule has 4 aromatic heterocycles. The smallest absolute Gasteiger partial charge is 0.269 e. The molecule has 12 rings (SSSR count). The third-order valence-corrected chi connectivity index (χ3v) is 12.2. The maximum atomic E-state index is 9.04. The molecule has 0 amide bonds. The zero-order valence-corrected chi connectivity index (χ0v) is 35.4. The molecule has 7 nitrogen and oxygen atoms in total. The Morgan fingerprint density at radius 3 is 2.19 bits per heavy atom. The highest BCUT2D eigenvalue weighted by Crippen LogP contribution is 2.39. The minimum atomic E-state index is -0.565. The van der Waals surface area contributed by atoms with Crippen LogP contribution in [0.15, 0.2) is 176 Å². The number of hydrogen-bond donors (Lipinski definition) is 0. The number of aryl methyl sites for hydroxylation is 2. The maximum absolute atomic E-state index is 9.04. The van der Waals surface area contributed by atoms with E-state index in [0.717, 1.165) is 75.9 Å². The first-order valence-corrected chi connectivity index (χ1v) is 21.5. The summed E-state index contributed by atoms with van der Waals surface area (Å²) in [5.41, 5.74) is 7.11. The van der Waals surface area contributed by atoms with Crippen LogP contribution in [0.1, 0.15) is 58.7 Å². The van der Waals surface area contributed by atoms with Crippen molar-refractivity contribution in [1.29, 1.82) is 0 Å². The topological polar surface area (TPSA) is 53.7 Å². The molecule has 310 valence electrons. The summed E-state index contributed by atoms with van der Waals surface area (Å²) >= 11 is 0. The molecule has 0 atom stereocenters. The molecule has 0 aliphatic carbocycles. The van der Waals surface area contributed by atoms with Crippen molar-refractivity contribution in [1.82, 2.24) is 23.7 Å². The van der Waals surface area contributed by atoms with E-state index in [1.807, 2.05) is 66.9 Å². The minimum absolute atomic E-state index is 0.117. The molecule has 0 spiro atoms. The standard InChI is InChI=1S/C57H46N6O/c1-57(2,3)40-29-30-58-55(32-40)63-51-34-43(27-28-46(51)47-35-53-48(36-52(47)63)59-54-26-12-13-31-60(53)54)64-42-21-14-20-41(33-42)61-37-62(50-25-11-10-24-49(50)61)56-44(38-16-6-4-7-17-38)22-15-23-45(56)39-18-8-5-9-19-39/h4-11,14-25,27-30,32-36H,12-13,26,31H2,1-3H3/i4D,5D,6D,7D,8D,9D,16D,17D,18D,19D. The summed E-state index contributed by atoms with van der Waals surface area (Å²) in [5.74, 6) is 3.00. The van der Waals surface area contributed by atoms with Crippen LogP contribution in [0.5, 0.6) is 11.5 Å². The van der Waals surface area contributed by atoms with Crippen molar-refractivity contribution >= 4 is 43.9 Å². The van der Waals surface area contributed by atoms with Crippen molar-refractivity contribution in [2.75, 3.05) is 0 Å². The Hall–Kier alpha value is -7.77. The summed E-state index contributed by atoms with van der Waals surface area (Å²) in [4.78, 5) is 10.0. The first-order valence-electron chi connectivity index (χ1n) is 26.5. The van der Waals surface area contributed by atoms with Crippen LogP contribution in [0.3, 0.4) is 0 Å². The van der Waals surface area contributed by atoms with Crippen LogP contribution in [0, 0.1) is 6.33 Å². The van der Waals surface area contributed by atoms with Gasteiger partial charge in [-0.05, 0) is 101 Å². The fraction of sp³-hybridized carbons (Fsp3) is 0.140. The molecule has 0 radical (unpaired) electrons. The molecule has 0 unspecified atom stereocenters. The summed E-state index contributed by atoms with van der Waals surface area (Å²) in [5, 5.41) is 2.13. The van der Waals surface area contributed by atoms with Gasteiger partial charge in [-0.25, -0.2) is 9.97 Å². The molecule has 64 heavy (non-hydrogen) atoms. The highest BCUT2D eigenvalue weighted by molar-refractivity contribution is 6.13. The van der Waals surface area contributed by atoms with Crippen LogP contribution < -0.4 is 9.30 Å². The molecular formula is C57H46N6O. The quantitative estimate of drug-likeness (QED) is 0.119. The number of hydrogen-bond acceptors (Lipinski definition) is 3. The van der Waals surface area contributed by atoms with Crippen LogP contribution in [-0.2, 0) is 18.4 Å². The van der Waals surface area contributed by atoms with Crippen LogP contribution in [0.25, 0.3) is 83.3 Å². The van der Waals surface area contributed by atoms with E-state index in [4.69, 9.17) is 28.4 Å². The summed E-state index contributed by atoms with van der Waals surface area (Å²) in [6.45, 7) is 7.52. The van der Waals surface area contributed by atoms with Crippen LogP contribution in [0.2, 0.25) is 0 Å². The SMILES string of the molecule is [2H]c1c([2H])c([2H])c(-c2cccc(-c3c([2H])c([2H])c([2H])c([2H])c3[2H])c2-[n+]2[c-]n(-c3cccc(Oc4ccc5c6cc7c(cc6n(-c6cc(C(C)(C)C)ccn6)c5c4)nc4n7CCCC4)c3)c3ccccc32)c([2H])c1[2H]. The van der Waals surface area contributed by atoms with Gasteiger partial charge in [-0.15, -0.1) is 0 Å². The first kappa shape index (κ1) is 28.8. The highest BCUT2D eigenvalue weighted by atomic mass is 16.5. The summed E-state index contributed by atoms with van der Waals surface area (Å²) in [6, 6.07) is 29.3. The van der Waals surface area contributed by atoms with Gasteiger partial charge in [0.1, 0.15) is 23.1 Å². The number of nitrogens with zero attached hydrogens (tertiary/aromatic N) is 6. The molecule has 0 saturated carbocycles. The zero-order valence-electron chi connectivity index (χ0n) is 45.4. The number of fused-ring (bicyclic) bond motifs is 7. The molecule has 0 N–H and O–H groups in total. The van der Waals surface area contributed by atoms with E-state index < -0.39 is 60.4 Å². The lowest BCUT2D eigenvalue weighted by Crippen LogP contribution is -2.31. The van der Waals surface area contributed by atoms with Gasteiger partial charge < -0.3 is 9.30 Å². The van der Waals surface area contributed by atoms with Gasteiger partial charge >= 0.3 is 0 Å². The molecule has 0 saturated heterocycles. The lowest BCUT2D eigenvalue weighted by atomic mass is 9.88. The molecule has 11 aromatic rings. The van der Waals surface area contributed by atoms with Gasteiger partial charge in [0.2, 0.25) is 0 Å². The van der Waals surface area contributed by atoms with E-state index in [0.29, 0.717) is 28.2 Å². The Labute approximate surface area is 386 Å². The normalized spacial score (nSPS) is 15.2. The first-order chi connectivity index (χ1) is 35.5. The second-order valence-corrected chi connectivity index (χ2v) is 17.2. The number of pyridine rings is 1. The molecule has 1 aliphatic heterocycles. The third kappa shape index (κ3) is 6.38. The van der Waals surface area contributed by atoms with Crippen LogP contribution >= 0.6 is 0 Å². The van der Waals surface area contributed by atoms with Crippen molar-refractivity contribution in [2.24, 2.45) is 0 Å². The molecule has 5 heterocycles. The average Bonchev–Trinajstić information content (AvgIpc) is 4.08. The van der Waals surface area contributed by atoms with E-state index in [1.54, 1.807) is 27.3 Å². The van der Waals surface area contributed by atoms with E-state index in [-0.39, 0.29) is 33.4 Å². The highest BCUT2D eigenvalue weighted by Gasteiger charge is 2.23. The van der Waals surface area contributed by atoms with E-state index in [9.17, 15) is 0 Å². The van der Waals surface area contributed by atoms with Crippen molar-refractivity contribution in [2.45, 2.75) is 52.0 Å². The predicted octanol–water partition coefficient (Wildman–Crippen LogP) is 13.3. The fourth-order valence-electron chi connectivity index (χ4n) is 9.17. The van der Waals surface area contributed by atoms with Gasteiger partial charge in [0.25, 0.3) is 6.33 Å². The number of aromatic nitrogens is 6. The Morgan fingerprint density at radius 1 is 0.672 bits per heavy atom. The van der Waals surface area contributed by atoms with Gasteiger partial charge in [-0.1, -0.05) is 130 Å². The van der Waals surface area contributed by atoms with Crippen molar-refractivity contribution in [3.05, 3.63) is 194 Å². The van der Waals surface area contributed by atoms with Crippen molar-refractivity contribution < 1.29 is 23.0 Å². The summed E-state index contributed by atoms with van der Waals surface area (Å²) in [6.07, 6.45) is 8.53. The summed E-state index contributed by atoms with van der Waals surface area (Å²) < 4.78 is 102. The monoisotopic (exact) mass is 840 g/mol. The second kappa shape index (κ2) is 15.0. The molecule has 0 bridgehead atoms. The number of imidazole rings is 2. The van der Waals surface area contributed by atoms with Crippen molar-refractivity contribution in [3.63, 3.8) is 0 Å². The molecule has 0 fully saturated rings. The molecule has 1 aliphatic rings. The fourth-order valence-corrected chi connectivity index (χ4v) is 9.17. The lowest BCUT2D eigenvalue weighted by Gasteiger charge is -2.20. The van der Waals surface area contributed by atoms with E-state index in [2.05, 4.69) is 66.6 Å². The van der Waals surface area contributed by atoms with Crippen LogP contribution in [0.4, 0.5) is 0 Å². The number of ether oxygens (including phenoxy) is 1. The number of para-hydroxylation sites is 3. The second-order valence-electron chi connectivity index (χ2n) is 17.2. The number of benzene rings is 7. The van der Waals surface area contributed by atoms with Gasteiger partial charge in [0.05, 0.1) is 58.2 Å². The third-order valence-electron chi connectivity index (χ3n) is 12.2. The van der Waals surface area contributed by atoms with Gasteiger partial charge in [-0.2, -0.15) is 0 Å². The van der Waals surface area contributed by atoms with Crippen molar-refractivity contribution in [3.8, 4) is 50.9 Å². The predicted molar refractivity (Wildman–Crippen MR) is 258 cm³/mol. The van der Waals surface area contributed by atoms with E-state index >= 15 is 0 Å². The van der Waals surface area contributed by atoms with Crippen LogP contribution in [-0.4, -0.2) is 23.7 Å². The average molecular weight is 841 g/mol. The molecular weight excluding hydrogens is 785 g/mol. The Balaban J connectivity index is 1.02. The number of rotatable bonds is 7. The largest absolute Gasteiger partial charge is 0.458 e. The van der Waals surface area contributed by atoms with Gasteiger partial charge in [0, 0.05) is 36.0 Å². The zero-order chi connectivity index (χ0) is 51.6. The Morgan fingerprint density at radius 2 is 1.41 bits per heavy atom. The molecule has 7 heteroatoms. The van der Waals surface area contributed by atoms with Gasteiger partial charge in [-0.3, -0.25) is 13.7 Å². The lowest BCUT2D eigenvalue weighted by molar-refractivity contribution is -0.571. The Bertz CT molecular complexity index is 4040. The summed E-state index contributed by atoms with van der Waals surface area (Å²) in [7, 11) is 0. The Kier molecular flexibility index (Phi) is 6.72. The maximum Gasteiger partial charge on any atom is 0.269 e. The molecule has 7 aromatic carbocycles. The minimum Gasteiger partial charge on any atom is -0.458 e. The van der Waals surface area contributed by atoms with E-state index in [1.165, 1.54) is 0 Å². The van der Waals surface area contributed by atoms with Gasteiger partial charge in [0.15, 0.2) is 0 Å².